The molecule has 0 spiro atoms. The van der Waals surface area contributed by atoms with E-state index >= 15 is 0 Å². The van der Waals surface area contributed by atoms with Crippen molar-refractivity contribution in [3.05, 3.63) is 57.6 Å². The Morgan fingerprint density at radius 2 is 2.06 bits per heavy atom. The second kappa shape index (κ2) is 4.57. The predicted molar refractivity (Wildman–Crippen MR) is 64.6 cm³/mol. The highest BCUT2D eigenvalue weighted by Gasteiger charge is 2.17. The van der Waals surface area contributed by atoms with Crippen molar-refractivity contribution >= 4 is 28.5 Å². The Morgan fingerprint density at radius 3 is 2.72 bits per heavy atom. The summed E-state index contributed by atoms with van der Waals surface area (Å²) in [6, 6.07) is 9.36. The number of rotatable bonds is 3. The van der Waals surface area contributed by atoms with Crippen molar-refractivity contribution in [1.82, 2.24) is 0 Å². The van der Waals surface area contributed by atoms with Crippen molar-refractivity contribution < 1.29 is 14.5 Å². The summed E-state index contributed by atoms with van der Waals surface area (Å²) in [4.78, 5) is 24.6. The van der Waals surface area contributed by atoms with Gasteiger partial charge < -0.3 is 5.53 Å². The van der Waals surface area contributed by atoms with E-state index < -0.39 is 10.7 Å². The van der Waals surface area contributed by atoms with E-state index in [1.54, 1.807) is 24.3 Å². The minimum Gasteiger partial charge on any atom is -0.361 e. The summed E-state index contributed by atoms with van der Waals surface area (Å²) in [6.07, 6.45) is 0.714. The molecule has 0 aliphatic carbocycles. The standard InChI is InChI=1S/C12H7N3O3/c13-14-7-12(16)11-6-9(15(17)18)5-8-3-1-2-4-10(8)11/h1-7H. The molecule has 0 saturated heterocycles. The number of ketones is 1. The molecule has 0 fully saturated rings. The highest BCUT2D eigenvalue weighted by molar-refractivity contribution is 6.36. The number of carbonyl (C=O) groups excluding carboxylic acids is 1. The van der Waals surface area contributed by atoms with Crippen molar-refractivity contribution in [2.75, 3.05) is 0 Å². The molecule has 2 aromatic carbocycles. The fourth-order valence-electron chi connectivity index (χ4n) is 1.73. The maximum absolute atomic E-state index is 11.7. The molecule has 6 nitrogen and oxygen atoms in total. The first kappa shape index (κ1) is 11.6. The summed E-state index contributed by atoms with van der Waals surface area (Å²) in [5, 5.41) is 12.0. The van der Waals surface area contributed by atoms with Crippen LogP contribution in [0.3, 0.4) is 0 Å². The number of hydrogen-bond acceptors (Lipinski definition) is 3. The highest BCUT2D eigenvalue weighted by atomic mass is 16.6. The predicted octanol–water partition coefficient (Wildman–Crippen LogP) is 2.23. The monoisotopic (exact) mass is 241 g/mol. The van der Waals surface area contributed by atoms with Crippen molar-refractivity contribution in [1.29, 1.82) is 0 Å². The summed E-state index contributed by atoms with van der Waals surface area (Å²) in [7, 11) is 0. The van der Waals surface area contributed by atoms with Gasteiger partial charge in [-0.1, -0.05) is 24.3 Å². The van der Waals surface area contributed by atoms with Gasteiger partial charge >= 0.3 is 6.21 Å². The number of hydrogen-bond donors (Lipinski definition) is 0. The van der Waals surface area contributed by atoms with Crippen molar-refractivity contribution in [3.63, 3.8) is 0 Å². The number of fused-ring (bicyclic) bond motifs is 1. The maximum Gasteiger partial charge on any atom is 0.328 e. The number of non-ortho nitro benzene ring substituents is 1. The third-order valence-electron chi connectivity index (χ3n) is 2.50. The number of carbonyl (C=O) groups is 1. The van der Waals surface area contributed by atoms with Crippen LogP contribution in [0.2, 0.25) is 0 Å². The summed E-state index contributed by atoms with van der Waals surface area (Å²) in [5.41, 5.74) is 8.32. The minimum absolute atomic E-state index is 0.137. The van der Waals surface area contributed by atoms with Crippen LogP contribution in [0, 0.1) is 10.1 Å². The molecule has 6 heteroatoms. The molecule has 0 bridgehead atoms. The molecule has 0 heterocycles. The van der Waals surface area contributed by atoms with Crippen LogP contribution < -0.4 is 0 Å². The van der Waals surface area contributed by atoms with Crippen LogP contribution in [0.5, 0.6) is 0 Å². The molecule has 0 saturated carbocycles. The summed E-state index contributed by atoms with van der Waals surface area (Å²) in [6.45, 7) is 0. The van der Waals surface area contributed by atoms with Gasteiger partial charge in [0.2, 0.25) is 0 Å². The molecule has 0 aromatic heterocycles. The fourth-order valence-corrected chi connectivity index (χ4v) is 1.73. The van der Waals surface area contributed by atoms with Crippen LogP contribution in [0.4, 0.5) is 5.69 Å². The molecule has 18 heavy (non-hydrogen) atoms. The van der Waals surface area contributed by atoms with Gasteiger partial charge in [-0.15, -0.1) is 0 Å². The molecule has 0 unspecified atom stereocenters. The number of nitro groups is 1. The second-order valence-electron chi connectivity index (χ2n) is 3.58. The Labute approximate surface area is 101 Å². The average Bonchev–Trinajstić information content (AvgIpc) is 2.37. The van der Waals surface area contributed by atoms with Gasteiger partial charge in [0.1, 0.15) is 0 Å². The number of nitrogens with zero attached hydrogens (tertiary/aromatic N) is 3. The normalized spacial score (nSPS) is 9.78. The van der Waals surface area contributed by atoms with Gasteiger partial charge in [0.25, 0.3) is 11.5 Å². The number of benzene rings is 2. The van der Waals surface area contributed by atoms with E-state index in [-0.39, 0.29) is 11.3 Å². The van der Waals surface area contributed by atoms with Crippen molar-refractivity contribution in [3.8, 4) is 0 Å². The van der Waals surface area contributed by atoms with Crippen molar-refractivity contribution in [2.45, 2.75) is 0 Å². The lowest BCUT2D eigenvalue weighted by Crippen LogP contribution is -2.03. The van der Waals surface area contributed by atoms with Crippen LogP contribution in [-0.4, -0.2) is 21.7 Å². The van der Waals surface area contributed by atoms with E-state index in [0.29, 0.717) is 17.0 Å². The number of Topliss-reactive ketones (excluding diaryl/α,β-unsaturated/α-hetero) is 1. The number of nitro benzene ring substituents is 1. The molecule has 0 aliphatic heterocycles. The van der Waals surface area contributed by atoms with Crippen LogP contribution in [0.25, 0.3) is 16.3 Å². The zero-order valence-electron chi connectivity index (χ0n) is 9.11. The fraction of sp³-hybridized carbons (Fsp3) is 0. The van der Waals surface area contributed by atoms with E-state index in [2.05, 4.69) is 4.79 Å². The van der Waals surface area contributed by atoms with E-state index in [0.717, 1.165) is 0 Å². The second-order valence-corrected chi connectivity index (χ2v) is 3.58. The van der Waals surface area contributed by atoms with E-state index in [4.69, 9.17) is 5.53 Å². The molecule has 0 radical (unpaired) electrons. The molecular weight excluding hydrogens is 234 g/mol. The van der Waals surface area contributed by atoms with E-state index in [1.165, 1.54) is 12.1 Å². The Hall–Kier alpha value is -2.85. The van der Waals surface area contributed by atoms with Gasteiger partial charge in [-0.2, -0.15) is 4.79 Å². The molecule has 2 rings (SSSR count). The maximum atomic E-state index is 11.7. The Bertz CT molecular complexity index is 703. The van der Waals surface area contributed by atoms with Gasteiger partial charge in [-0.25, -0.2) is 0 Å². The highest BCUT2D eigenvalue weighted by Crippen LogP contribution is 2.25. The lowest BCUT2D eigenvalue weighted by atomic mass is 10.0. The van der Waals surface area contributed by atoms with Crippen LogP contribution in [0.15, 0.2) is 36.4 Å². The van der Waals surface area contributed by atoms with Gasteiger partial charge in [-0.3, -0.25) is 14.9 Å². The first-order valence-electron chi connectivity index (χ1n) is 5.02. The largest absolute Gasteiger partial charge is 0.361 e. The van der Waals surface area contributed by atoms with Gasteiger partial charge in [-0.05, 0) is 10.8 Å². The first-order valence-corrected chi connectivity index (χ1v) is 5.02. The van der Waals surface area contributed by atoms with E-state index in [9.17, 15) is 14.9 Å². The van der Waals surface area contributed by atoms with Gasteiger partial charge in [0, 0.05) is 17.7 Å². The third kappa shape index (κ3) is 2.00. The molecule has 0 N–H and O–H groups in total. The molecule has 0 aliphatic rings. The van der Waals surface area contributed by atoms with Crippen LogP contribution >= 0.6 is 0 Å². The van der Waals surface area contributed by atoms with Crippen LogP contribution in [-0.2, 0) is 0 Å². The topological polar surface area (TPSA) is 96.6 Å². The summed E-state index contributed by atoms with van der Waals surface area (Å²) < 4.78 is 0. The zero-order chi connectivity index (χ0) is 13.1. The molecule has 0 amide bonds. The minimum atomic E-state index is -0.586. The molecular formula is C12H7N3O3. The van der Waals surface area contributed by atoms with Gasteiger partial charge in [0.15, 0.2) is 0 Å². The Morgan fingerprint density at radius 1 is 1.33 bits per heavy atom. The molecule has 88 valence electrons. The lowest BCUT2D eigenvalue weighted by molar-refractivity contribution is -0.384. The lowest BCUT2D eigenvalue weighted by Gasteiger charge is -2.02. The Kier molecular flexibility index (Phi) is 2.95. The van der Waals surface area contributed by atoms with Crippen molar-refractivity contribution in [2.24, 2.45) is 0 Å². The SMILES string of the molecule is [N-]=[N+]=CC(=O)c1cc([N+](=O)[O-])cc2ccccc12. The summed E-state index contributed by atoms with van der Waals surface area (Å²) >= 11 is 0. The Balaban J connectivity index is 2.80. The zero-order valence-corrected chi connectivity index (χ0v) is 9.11. The summed E-state index contributed by atoms with van der Waals surface area (Å²) in [5.74, 6) is -0.586. The smallest absolute Gasteiger partial charge is 0.328 e. The first-order chi connectivity index (χ1) is 8.63. The van der Waals surface area contributed by atoms with E-state index in [1.807, 2.05) is 0 Å². The van der Waals surface area contributed by atoms with Crippen LogP contribution in [0.1, 0.15) is 10.4 Å². The quantitative estimate of drug-likeness (QED) is 0.206. The molecule has 0 atom stereocenters. The molecule has 2 aromatic rings. The third-order valence-corrected chi connectivity index (χ3v) is 2.50. The van der Waals surface area contributed by atoms with Gasteiger partial charge in [0.05, 0.1) is 4.92 Å². The average molecular weight is 241 g/mol.